The third kappa shape index (κ3) is 4.41. The fourth-order valence-corrected chi connectivity index (χ4v) is 2.39. The predicted molar refractivity (Wildman–Crippen MR) is 78.7 cm³/mol. The summed E-state index contributed by atoms with van der Waals surface area (Å²) in [5.41, 5.74) is 2.92. The van der Waals surface area contributed by atoms with Crippen LogP contribution in [0.3, 0.4) is 0 Å². The van der Waals surface area contributed by atoms with Gasteiger partial charge in [-0.15, -0.1) is 0 Å². The summed E-state index contributed by atoms with van der Waals surface area (Å²) >= 11 is 3.55. The Kier molecular flexibility index (Phi) is 5.63. The average molecular weight is 299 g/mol. The summed E-state index contributed by atoms with van der Waals surface area (Å²) in [6.45, 7) is 9.76. The third-order valence-corrected chi connectivity index (χ3v) is 3.54. The van der Waals surface area contributed by atoms with Gasteiger partial charge in [0.15, 0.2) is 0 Å². The van der Waals surface area contributed by atoms with Crippen LogP contribution in [0, 0.1) is 6.92 Å². The molecule has 0 spiro atoms. The predicted octanol–water partition coefficient (Wildman–Crippen LogP) is 2.84. The molecule has 1 aromatic carbocycles. The Morgan fingerprint density at radius 3 is 2.59 bits per heavy atom. The summed E-state index contributed by atoms with van der Waals surface area (Å²) in [7, 11) is 1.98. The summed E-state index contributed by atoms with van der Waals surface area (Å²) in [6.07, 6.45) is 0. The Balaban J connectivity index is 2.71. The molecule has 0 fully saturated rings. The highest BCUT2D eigenvalue weighted by Crippen LogP contribution is 2.28. The zero-order chi connectivity index (χ0) is 12.9. The smallest absolute Gasteiger partial charge is 0.0178 e. The quantitative estimate of drug-likeness (QED) is 0.789. The molecule has 0 amide bonds. The largest absolute Gasteiger partial charge is 0.318 e. The summed E-state index contributed by atoms with van der Waals surface area (Å²) in [6, 6.07) is 6.51. The van der Waals surface area contributed by atoms with Gasteiger partial charge in [-0.3, -0.25) is 0 Å². The molecule has 0 bridgehead atoms. The maximum Gasteiger partial charge on any atom is 0.0178 e. The molecule has 0 aliphatic rings. The number of rotatable bonds is 6. The van der Waals surface area contributed by atoms with E-state index in [0.717, 1.165) is 24.1 Å². The third-order valence-electron chi connectivity index (χ3n) is 3.05. The number of hydrogen-bond acceptors (Lipinski definition) is 2. The van der Waals surface area contributed by atoms with E-state index in [0.29, 0.717) is 0 Å². The van der Waals surface area contributed by atoms with Crippen molar-refractivity contribution in [2.45, 2.75) is 26.2 Å². The summed E-state index contributed by atoms with van der Waals surface area (Å²) < 4.78 is 1.15. The van der Waals surface area contributed by atoms with Gasteiger partial charge in [-0.1, -0.05) is 35.8 Å². The van der Waals surface area contributed by atoms with E-state index < -0.39 is 0 Å². The molecule has 1 rings (SSSR count). The number of hydrogen-bond donors (Lipinski definition) is 2. The van der Waals surface area contributed by atoms with Crippen molar-refractivity contribution >= 4 is 15.9 Å². The number of likely N-dealkylation sites (N-methyl/N-ethyl adjacent to an activating group) is 1. The Labute approximate surface area is 113 Å². The first-order valence-corrected chi connectivity index (χ1v) is 6.88. The second kappa shape index (κ2) is 6.53. The molecule has 0 saturated heterocycles. The van der Waals surface area contributed by atoms with Crippen LogP contribution in [0.25, 0.3) is 0 Å². The molecule has 0 aliphatic carbocycles. The van der Waals surface area contributed by atoms with Crippen LogP contribution in [0.15, 0.2) is 22.7 Å². The highest BCUT2D eigenvalue weighted by molar-refractivity contribution is 9.10. The van der Waals surface area contributed by atoms with Crippen molar-refractivity contribution in [1.29, 1.82) is 0 Å². The molecular formula is C14H23BrN2. The van der Waals surface area contributed by atoms with Gasteiger partial charge < -0.3 is 10.6 Å². The number of benzene rings is 1. The van der Waals surface area contributed by atoms with E-state index in [-0.39, 0.29) is 5.41 Å². The maximum absolute atomic E-state index is 3.55. The number of halogens is 1. The second-order valence-electron chi connectivity index (χ2n) is 5.12. The maximum atomic E-state index is 3.55. The summed E-state index contributed by atoms with van der Waals surface area (Å²) in [4.78, 5) is 0. The first kappa shape index (κ1) is 14.7. The van der Waals surface area contributed by atoms with Crippen molar-refractivity contribution in [2.75, 3.05) is 26.7 Å². The Morgan fingerprint density at radius 2 is 1.94 bits per heavy atom. The van der Waals surface area contributed by atoms with Gasteiger partial charge in [-0.05, 0) is 37.2 Å². The Morgan fingerprint density at radius 1 is 1.24 bits per heavy atom. The van der Waals surface area contributed by atoms with Crippen LogP contribution in [0.4, 0.5) is 0 Å². The molecule has 0 unspecified atom stereocenters. The average Bonchev–Trinajstić information content (AvgIpc) is 2.28. The normalized spacial score (nSPS) is 11.8. The fraction of sp³-hybridized carbons (Fsp3) is 0.571. The van der Waals surface area contributed by atoms with Crippen molar-refractivity contribution in [1.82, 2.24) is 10.6 Å². The minimum atomic E-state index is 0.154. The van der Waals surface area contributed by atoms with Crippen molar-refractivity contribution < 1.29 is 0 Å². The molecule has 2 nitrogen and oxygen atoms in total. The van der Waals surface area contributed by atoms with Crippen LogP contribution in [0.5, 0.6) is 0 Å². The highest BCUT2D eigenvalue weighted by atomic mass is 79.9. The molecule has 0 saturated carbocycles. The van der Waals surface area contributed by atoms with Gasteiger partial charge in [0.25, 0.3) is 0 Å². The van der Waals surface area contributed by atoms with Crippen molar-refractivity contribution in [3.05, 3.63) is 33.8 Å². The van der Waals surface area contributed by atoms with Crippen LogP contribution in [-0.2, 0) is 5.41 Å². The van der Waals surface area contributed by atoms with E-state index >= 15 is 0 Å². The first-order valence-electron chi connectivity index (χ1n) is 6.09. The first-order chi connectivity index (χ1) is 7.97. The van der Waals surface area contributed by atoms with Crippen molar-refractivity contribution in [3.63, 3.8) is 0 Å². The zero-order valence-electron chi connectivity index (χ0n) is 11.2. The van der Waals surface area contributed by atoms with E-state index in [4.69, 9.17) is 0 Å². The molecule has 0 radical (unpaired) electrons. The van der Waals surface area contributed by atoms with Gasteiger partial charge in [0, 0.05) is 29.5 Å². The van der Waals surface area contributed by atoms with Crippen molar-refractivity contribution in [3.8, 4) is 0 Å². The van der Waals surface area contributed by atoms with Crippen LogP contribution in [0.2, 0.25) is 0 Å². The topological polar surface area (TPSA) is 24.1 Å². The second-order valence-corrected chi connectivity index (χ2v) is 6.04. The lowest BCUT2D eigenvalue weighted by Gasteiger charge is -2.28. The van der Waals surface area contributed by atoms with Gasteiger partial charge in [-0.2, -0.15) is 0 Å². The minimum absolute atomic E-state index is 0.154. The SMILES string of the molecule is CNCCNCC(C)(C)c1cc(Br)ccc1C. The van der Waals surface area contributed by atoms with Gasteiger partial charge in [0.2, 0.25) is 0 Å². The molecule has 0 heterocycles. The van der Waals surface area contributed by atoms with E-state index in [1.165, 1.54) is 11.1 Å². The number of aryl methyl sites for hydroxylation is 1. The van der Waals surface area contributed by atoms with Gasteiger partial charge >= 0.3 is 0 Å². The minimum Gasteiger partial charge on any atom is -0.318 e. The van der Waals surface area contributed by atoms with Crippen LogP contribution in [-0.4, -0.2) is 26.7 Å². The fourth-order valence-electron chi connectivity index (χ4n) is 2.03. The van der Waals surface area contributed by atoms with Gasteiger partial charge in [-0.25, -0.2) is 0 Å². The van der Waals surface area contributed by atoms with Crippen LogP contribution >= 0.6 is 15.9 Å². The standard InChI is InChI=1S/C14H23BrN2/c1-11-5-6-12(15)9-13(11)14(2,3)10-17-8-7-16-4/h5-6,9,16-17H,7-8,10H2,1-4H3. The summed E-state index contributed by atoms with van der Waals surface area (Å²) in [5, 5.41) is 6.64. The van der Waals surface area contributed by atoms with Gasteiger partial charge in [0.1, 0.15) is 0 Å². The molecule has 3 heteroatoms. The number of nitrogens with one attached hydrogen (secondary N) is 2. The molecule has 0 aliphatic heterocycles. The lowest BCUT2D eigenvalue weighted by molar-refractivity contribution is 0.466. The van der Waals surface area contributed by atoms with E-state index in [2.05, 4.69) is 65.5 Å². The van der Waals surface area contributed by atoms with Crippen LogP contribution < -0.4 is 10.6 Å². The molecule has 0 atom stereocenters. The Bertz CT molecular complexity index is 361. The van der Waals surface area contributed by atoms with E-state index in [9.17, 15) is 0 Å². The lowest BCUT2D eigenvalue weighted by atomic mass is 9.82. The molecular weight excluding hydrogens is 276 g/mol. The van der Waals surface area contributed by atoms with E-state index in [1.807, 2.05) is 7.05 Å². The van der Waals surface area contributed by atoms with Gasteiger partial charge in [0.05, 0.1) is 0 Å². The lowest BCUT2D eigenvalue weighted by Crippen LogP contribution is -2.36. The summed E-state index contributed by atoms with van der Waals surface area (Å²) in [5.74, 6) is 0. The Hall–Kier alpha value is -0.380. The molecule has 1 aromatic rings. The molecule has 17 heavy (non-hydrogen) atoms. The molecule has 0 aromatic heterocycles. The van der Waals surface area contributed by atoms with Crippen LogP contribution in [0.1, 0.15) is 25.0 Å². The zero-order valence-corrected chi connectivity index (χ0v) is 12.8. The molecule has 96 valence electrons. The van der Waals surface area contributed by atoms with Crippen molar-refractivity contribution in [2.24, 2.45) is 0 Å². The highest BCUT2D eigenvalue weighted by Gasteiger charge is 2.22. The van der Waals surface area contributed by atoms with E-state index in [1.54, 1.807) is 0 Å². The monoisotopic (exact) mass is 298 g/mol. The molecule has 2 N–H and O–H groups in total.